The first-order valence-corrected chi connectivity index (χ1v) is 6.38. The molecule has 20 heavy (non-hydrogen) atoms. The van der Waals surface area contributed by atoms with E-state index in [1.165, 1.54) is 12.1 Å². The predicted molar refractivity (Wildman–Crippen MR) is 73.3 cm³/mol. The molecule has 0 saturated carbocycles. The summed E-state index contributed by atoms with van der Waals surface area (Å²) in [7, 11) is 0. The molecule has 7 heteroatoms. The number of ether oxygens (including phenoxy) is 1. The zero-order chi connectivity index (χ0) is 14.8. The molecule has 108 valence electrons. The van der Waals surface area contributed by atoms with E-state index in [1.807, 2.05) is 20.8 Å². The van der Waals surface area contributed by atoms with Crippen molar-refractivity contribution in [2.24, 2.45) is 0 Å². The number of rotatable bonds is 5. The molecular formula is C13H18FN5O. The molecule has 0 saturated heterocycles. The Hall–Kier alpha value is -2.02. The minimum atomic E-state index is -0.419. The van der Waals surface area contributed by atoms with E-state index in [-0.39, 0.29) is 0 Å². The smallest absolute Gasteiger partial charge is 0.182 e. The number of nitrogens with two attached hydrogens (primary N) is 1. The van der Waals surface area contributed by atoms with Crippen LogP contribution in [-0.2, 0) is 11.3 Å². The van der Waals surface area contributed by atoms with Gasteiger partial charge in [0.1, 0.15) is 5.82 Å². The summed E-state index contributed by atoms with van der Waals surface area (Å²) in [6, 6.07) is 4.24. The number of hydrogen-bond donors (Lipinski definition) is 1. The van der Waals surface area contributed by atoms with Crippen molar-refractivity contribution in [1.29, 1.82) is 0 Å². The molecule has 0 spiro atoms. The number of hydrogen-bond acceptors (Lipinski definition) is 5. The molecule has 1 heterocycles. The van der Waals surface area contributed by atoms with Crippen LogP contribution in [0.3, 0.4) is 0 Å². The molecular weight excluding hydrogens is 261 g/mol. The first kappa shape index (κ1) is 14.4. The molecule has 2 rings (SSSR count). The molecule has 6 nitrogen and oxygen atoms in total. The first-order chi connectivity index (χ1) is 9.41. The van der Waals surface area contributed by atoms with E-state index in [0.717, 1.165) is 0 Å². The topological polar surface area (TPSA) is 78.8 Å². The van der Waals surface area contributed by atoms with Gasteiger partial charge in [0.2, 0.25) is 0 Å². The largest absolute Gasteiger partial charge is 0.399 e. The lowest BCUT2D eigenvalue weighted by molar-refractivity contribution is -0.0246. The van der Waals surface area contributed by atoms with Gasteiger partial charge in [0.15, 0.2) is 5.82 Å². The van der Waals surface area contributed by atoms with Crippen LogP contribution >= 0.6 is 0 Å². The quantitative estimate of drug-likeness (QED) is 0.845. The van der Waals surface area contributed by atoms with Gasteiger partial charge in [0.05, 0.1) is 12.1 Å². The fourth-order valence-electron chi connectivity index (χ4n) is 2.06. The Morgan fingerprint density at radius 3 is 2.75 bits per heavy atom. The van der Waals surface area contributed by atoms with E-state index in [1.54, 1.807) is 10.7 Å². The molecule has 0 bridgehead atoms. The lowest BCUT2D eigenvalue weighted by Gasteiger charge is -2.24. The van der Waals surface area contributed by atoms with Gasteiger partial charge in [-0.2, -0.15) is 0 Å². The summed E-state index contributed by atoms with van der Waals surface area (Å²) in [6.07, 6.45) is 0. The van der Waals surface area contributed by atoms with Crippen molar-refractivity contribution in [3.05, 3.63) is 24.0 Å². The van der Waals surface area contributed by atoms with Crippen molar-refractivity contribution < 1.29 is 9.13 Å². The Kier molecular flexibility index (Phi) is 3.99. The van der Waals surface area contributed by atoms with Crippen LogP contribution in [-0.4, -0.2) is 32.4 Å². The van der Waals surface area contributed by atoms with Crippen LogP contribution in [0.15, 0.2) is 18.2 Å². The summed E-state index contributed by atoms with van der Waals surface area (Å²) < 4.78 is 20.6. The molecule has 2 N–H and O–H groups in total. The van der Waals surface area contributed by atoms with Crippen molar-refractivity contribution in [2.45, 2.75) is 32.9 Å². The summed E-state index contributed by atoms with van der Waals surface area (Å²) in [4.78, 5) is 0. The van der Waals surface area contributed by atoms with Crippen LogP contribution in [0.1, 0.15) is 20.8 Å². The third kappa shape index (κ3) is 3.30. The van der Waals surface area contributed by atoms with Crippen LogP contribution in [0, 0.1) is 5.82 Å². The molecule has 0 atom stereocenters. The number of anilines is 1. The number of tetrazole rings is 1. The maximum Gasteiger partial charge on any atom is 0.182 e. The van der Waals surface area contributed by atoms with E-state index in [2.05, 4.69) is 15.5 Å². The summed E-state index contributed by atoms with van der Waals surface area (Å²) >= 11 is 0. The van der Waals surface area contributed by atoms with Crippen LogP contribution in [0.5, 0.6) is 0 Å². The maximum atomic E-state index is 13.4. The fourth-order valence-corrected chi connectivity index (χ4v) is 2.06. The number of halogens is 1. The molecule has 0 aliphatic heterocycles. The summed E-state index contributed by atoms with van der Waals surface area (Å²) in [5, 5.41) is 11.5. The highest BCUT2D eigenvalue weighted by Gasteiger charge is 2.22. The lowest BCUT2D eigenvalue weighted by Crippen LogP contribution is -2.31. The Morgan fingerprint density at radius 2 is 2.10 bits per heavy atom. The van der Waals surface area contributed by atoms with Gasteiger partial charge in [-0.1, -0.05) is 0 Å². The molecule has 1 aromatic carbocycles. The van der Waals surface area contributed by atoms with Crippen LogP contribution in [0.2, 0.25) is 0 Å². The van der Waals surface area contributed by atoms with Gasteiger partial charge in [0, 0.05) is 17.9 Å². The van der Waals surface area contributed by atoms with E-state index < -0.39 is 11.4 Å². The van der Waals surface area contributed by atoms with Crippen molar-refractivity contribution >= 4 is 5.69 Å². The minimum absolute atomic E-state index is 0.332. The van der Waals surface area contributed by atoms with Crippen LogP contribution in [0.25, 0.3) is 11.4 Å². The number of nitrogens with zero attached hydrogens (tertiary/aromatic N) is 4. The highest BCUT2D eigenvalue weighted by Crippen LogP contribution is 2.22. The monoisotopic (exact) mass is 279 g/mol. The molecule has 0 aliphatic rings. The molecule has 0 aliphatic carbocycles. The minimum Gasteiger partial charge on any atom is -0.399 e. The van der Waals surface area contributed by atoms with Crippen LogP contribution < -0.4 is 5.73 Å². The van der Waals surface area contributed by atoms with Crippen molar-refractivity contribution in [3.8, 4) is 11.4 Å². The zero-order valence-electron chi connectivity index (χ0n) is 11.8. The van der Waals surface area contributed by atoms with E-state index in [0.29, 0.717) is 30.2 Å². The molecule has 0 radical (unpaired) electrons. The van der Waals surface area contributed by atoms with Gasteiger partial charge in [0.25, 0.3) is 0 Å². The predicted octanol–water partition coefficient (Wildman–Crippen LogP) is 1.88. The third-order valence-corrected chi connectivity index (χ3v) is 2.78. The maximum absolute atomic E-state index is 13.4. The van der Waals surface area contributed by atoms with Gasteiger partial charge >= 0.3 is 0 Å². The second-order valence-corrected chi connectivity index (χ2v) is 5.13. The van der Waals surface area contributed by atoms with Crippen molar-refractivity contribution in [2.75, 3.05) is 12.3 Å². The molecule has 0 fully saturated rings. The van der Waals surface area contributed by atoms with Crippen molar-refractivity contribution in [3.63, 3.8) is 0 Å². The highest BCUT2D eigenvalue weighted by molar-refractivity contribution is 5.61. The van der Waals surface area contributed by atoms with Crippen molar-refractivity contribution in [1.82, 2.24) is 20.2 Å². The summed E-state index contributed by atoms with van der Waals surface area (Å²) in [5.41, 5.74) is 6.10. The Bertz CT molecular complexity index is 576. The van der Waals surface area contributed by atoms with E-state index in [9.17, 15) is 4.39 Å². The van der Waals surface area contributed by atoms with E-state index in [4.69, 9.17) is 10.5 Å². The molecule has 2 aromatic rings. The standard InChI is InChI=1S/C13H18FN5O/c1-4-20-13(2,3)8-19-12(16-17-18-19)9-5-10(14)7-11(15)6-9/h5-7H,4,8,15H2,1-3H3. The third-order valence-electron chi connectivity index (χ3n) is 2.78. The Labute approximate surface area is 116 Å². The Morgan fingerprint density at radius 1 is 1.35 bits per heavy atom. The van der Waals surface area contributed by atoms with Gasteiger partial charge < -0.3 is 10.5 Å². The second-order valence-electron chi connectivity index (χ2n) is 5.13. The van der Waals surface area contributed by atoms with Gasteiger partial charge in [-0.25, -0.2) is 9.07 Å². The average Bonchev–Trinajstić information content (AvgIpc) is 2.74. The van der Waals surface area contributed by atoms with E-state index >= 15 is 0 Å². The average molecular weight is 279 g/mol. The van der Waals surface area contributed by atoms with Gasteiger partial charge in [-0.15, -0.1) is 5.10 Å². The normalized spacial score (nSPS) is 11.8. The number of nitrogen functional groups attached to an aromatic ring is 1. The molecule has 0 amide bonds. The zero-order valence-corrected chi connectivity index (χ0v) is 11.8. The molecule has 1 aromatic heterocycles. The first-order valence-electron chi connectivity index (χ1n) is 6.38. The summed E-state index contributed by atoms with van der Waals surface area (Å²) in [5.74, 6) is 0.0441. The van der Waals surface area contributed by atoms with Crippen LogP contribution in [0.4, 0.5) is 10.1 Å². The fraction of sp³-hybridized carbons (Fsp3) is 0.462. The Balaban J connectivity index is 2.33. The van der Waals surface area contributed by atoms with Gasteiger partial charge in [-0.05, 0) is 49.4 Å². The second kappa shape index (κ2) is 5.54. The van der Waals surface area contributed by atoms with Gasteiger partial charge in [-0.3, -0.25) is 0 Å². The molecule has 0 unspecified atom stereocenters. The number of aromatic nitrogens is 4. The lowest BCUT2D eigenvalue weighted by atomic mass is 10.1. The highest BCUT2D eigenvalue weighted by atomic mass is 19.1. The number of benzene rings is 1. The SMILES string of the molecule is CCOC(C)(C)Cn1nnnc1-c1cc(N)cc(F)c1. The summed E-state index contributed by atoms with van der Waals surface area (Å²) in [6.45, 7) is 6.87.